The Balaban J connectivity index is 2.63. The van der Waals surface area contributed by atoms with Crippen molar-refractivity contribution in [1.82, 2.24) is 5.32 Å². The molecule has 1 aliphatic rings. The van der Waals surface area contributed by atoms with Gasteiger partial charge in [0, 0.05) is 12.3 Å². The molecule has 0 unspecified atom stereocenters. The molecule has 11 heavy (non-hydrogen) atoms. The van der Waals surface area contributed by atoms with E-state index in [0.29, 0.717) is 0 Å². The van der Waals surface area contributed by atoms with Crippen molar-refractivity contribution in [3.8, 4) is 12.5 Å². The lowest BCUT2D eigenvalue weighted by atomic mass is 10.3. The minimum atomic E-state index is 0.837. The van der Waals surface area contributed by atoms with Gasteiger partial charge in [-0.05, 0) is 12.8 Å². The van der Waals surface area contributed by atoms with Gasteiger partial charge in [0.15, 0.2) is 0 Å². The molecule has 0 fully saturated rings. The lowest BCUT2D eigenvalue weighted by Gasteiger charge is -1.98. The predicted octanol–water partition coefficient (Wildman–Crippen LogP) is 0.901. The van der Waals surface area contributed by atoms with Crippen LogP contribution in [0.2, 0.25) is 0 Å². The summed E-state index contributed by atoms with van der Waals surface area (Å²) in [5.74, 6) is 0. The molecule has 1 N–H and O–H groups in total. The molecule has 1 aliphatic heterocycles. The van der Waals surface area contributed by atoms with Gasteiger partial charge in [-0.15, -0.1) is 0 Å². The summed E-state index contributed by atoms with van der Waals surface area (Å²) in [5, 5.41) is 10.2. The first-order valence-corrected chi connectivity index (χ1v) is 3.40. The molecule has 56 valence electrons. The standard InChI is InChI=1S/C8H9N3/c1-2-9-8-5-3-4-6-10-11-7-8/h1,5-7,9H,3-4H2/b8-5?,10-6-,11-7?. The number of nitrogens with one attached hydrogen (secondary N) is 1. The molecule has 1 heterocycles. The normalized spacial score (nSPS) is 19.0. The molecule has 0 atom stereocenters. The zero-order valence-electron chi connectivity index (χ0n) is 6.12. The molecule has 0 aromatic rings. The average Bonchev–Trinajstić information content (AvgIpc) is 1.94. The van der Waals surface area contributed by atoms with E-state index in [2.05, 4.69) is 21.6 Å². The highest BCUT2D eigenvalue weighted by molar-refractivity contribution is 5.79. The molecule has 0 aliphatic carbocycles. The molecule has 0 amide bonds. The van der Waals surface area contributed by atoms with Gasteiger partial charge in [0.25, 0.3) is 0 Å². The largest absolute Gasteiger partial charge is 0.314 e. The summed E-state index contributed by atoms with van der Waals surface area (Å²) in [6.45, 7) is 0. The van der Waals surface area contributed by atoms with Gasteiger partial charge >= 0.3 is 0 Å². The van der Waals surface area contributed by atoms with Crippen molar-refractivity contribution in [2.45, 2.75) is 12.8 Å². The highest BCUT2D eigenvalue weighted by atomic mass is 15.2. The van der Waals surface area contributed by atoms with Crippen LogP contribution in [0.25, 0.3) is 0 Å². The third kappa shape index (κ3) is 2.67. The van der Waals surface area contributed by atoms with Gasteiger partial charge in [-0.2, -0.15) is 10.2 Å². The first-order chi connectivity index (χ1) is 5.43. The van der Waals surface area contributed by atoms with E-state index in [1.807, 2.05) is 6.08 Å². The minimum Gasteiger partial charge on any atom is -0.314 e. The molecule has 1 rings (SSSR count). The number of nitrogens with zero attached hydrogens (tertiary/aromatic N) is 2. The van der Waals surface area contributed by atoms with Gasteiger partial charge in [0.1, 0.15) is 0 Å². The molecule has 0 bridgehead atoms. The van der Waals surface area contributed by atoms with Crippen molar-refractivity contribution in [1.29, 1.82) is 0 Å². The number of rotatable bonds is 1. The summed E-state index contributed by atoms with van der Waals surface area (Å²) in [6, 6.07) is 2.32. The second-order valence-electron chi connectivity index (χ2n) is 2.05. The maximum absolute atomic E-state index is 5.05. The van der Waals surface area contributed by atoms with Crippen molar-refractivity contribution >= 4 is 12.4 Å². The third-order valence-electron chi connectivity index (χ3n) is 1.22. The lowest BCUT2D eigenvalue weighted by molar-refractivity contribution is 1.04. The molecule has 0 aromatic heterocycles. The summed E-state index contributed by atoms with van der Waals surface area (Å²) < 4.78 is 0. The number of hydrogen-bond donors (Lipinski definition) is 1. The van der Waals surface area contributed by atoms with E-state index < -0.39 is 0 Å². The van der Waals surface area contributed by atoms with E-state index in [0.717, 1.165) is 18.5 Å². The second kappa shape index (κ2) is 4.29. The van der Waals surface area contributed by atoms with Crippen LogP contribution < -0.4 is 5.32 Å². The average molecular weight is 147 g/mol. The predicted molar refractivity (Wildman–Crippen MR) is 46.3 cm³/mol. The van der Waals surface area contributed by atoms with Gasteiger partial charge in [0.05, 0.1) is 11.9 Å². The Kier molecular flexibility index (Phi) is 2.94. The maximum atomic E-state index is 5.05. The topological polar surface area (TPSA) is 36.8 Å². The quantitative estimate of drug-likeness (QED) is 0.434. The van der Waals surface area contributed by atoms with Gasteiger partial charge in [-0.1, -0.05) is 12.5 Å². The second-order valence-corrected chi connectivity index (χ2v) is 2.05. The van der Waals surface area contributed by atoms with Crippen LogP contribution in [-0.4, -0.2) is 12.4 Å². The van der Waals surface area contributed by atoms with Gasteiger partial charge in [-0.25, -0.2) is 0 Å². The first kappa shape index (κ1) is 7.55. The maximum Gasteiger partial charge on any atom is 0.0733 e. The molecule has 3 nitrogen and oxygen atoms in total. The summed E-state index contributed by atoms with van der Waals surface area (Å²) in [4.78, 5) is 0. The van der Waals surface area contributed by atoms with Crippen molar-refractivity contribution in [3.63, 3.8) is 0 Å². The van der Waals surface area contributed by atoms with Gasteiger partial charge in [-0.3, -0.25) is 0 Å². The zero-order chi connectivity index (χ0) is 7.94. The number of hydrogen-bond acceptors (Lipinski definition) is 3. The lowest BCUT2D eigenvalue weighted by Crippen LogP contribution is -2.06. The Bertz CT molecular complexity index is 243. The van der Waals surface area contributed by atoms with Crippen LogP contribution in [0.3, 0.4) is 0 Å². The highest BCUT2D eigenvalue weighted by Crippen LogP contribution is 1.95. The van der Waals surface area contributed by atoms with E-state index in [1.165, 1.54) is 0 Å². The zero-order valence-corrected chi connectivity index (χ0v) is 6.12. The van der Waals surface area contributed by atoms with Crippen LogP contribution in [0.15, 0.2) is 22.0 Å². The Morgan fingerprint density at radius 1 is 1.45 bits per heavy atom. The summed E-state index contributed by atoms with van der Waals surface area (Å²) in [7, 11) is 0. The Hall–Kier alpha value is -1.56. The van der Waals surface area contributed by atoms with Crippen LogP contribution in [0, 0.1) is 12.5 Å². The van der Waals surface area contributed by atoms with Crippen LogP contribution in [0.4, 0.5) is 0 Å². The van der Waals surface area contributed by atoms with Crippen LogP contribution in [0.5, 0.6) is 0 Å². The van der Waals surface area contributed by atoms with Crippen molar-refractivity contribution in [2.24, 2.45) is 10.2 Å². The molecule has 0 saturated heterocycles. The SMILES string of the molecule is C#CNC1=CCC/C=N\N=C1. The highest BCUT2D eigenvalue weighted by Gasteiger charge is 1.90. The molecule has 3 heteroatoms. The molecular weight excluding hydrogens is 138 g/mol. The van der Waals surface area contributed by atoms with E-state index in [9.17, 15) is 0 Å². The number of allylic oxidation sites excluding steroid dienone is 2. The van der Waals surface area contributed by atoms with E-state index in [-0.39, 0.29) is 0 Å². The van der Waals surface area contributed by atoms with Crippen LogP contribution in [0.1, 0.15) is 12.8 Å². The summed E-state index contributed by atoms with van der Waals surface area (Å²) in [5.41, 5.74) is 0.837. The smallest absolute Gasteiger partial charge is 0.0733 e. The Morgan fingerprint density at radius 2 is 2.36 bits per heavy atom. The van der Waals surface area contributed by atoms with Crippen molar-refractivity contribution < 1.29 is 0 Å². The fraction of sp³-hybridized carbons (Fsp3) is 0.250. The summed E-state index contributed by atoms with van der Waals surface area (Å²) in [6.07, 6.45) is 12.3. The fourth-order valence-corrected chi connectivity index (χ4v) is 0.733. The van der Waals surface area contributed by atoms with Crippen LogP contribution >= 0.6 is 0 Å². The van der Waals surface area contributed by atoms with Crippen molar-refractivity contribution in [3.05, 3.63) is 11.8 Å². The third-order valence-corrected chi connectivity index (χ3v) is 1.22. The van der Waals surface area contributed by atoms with E-state index >= 15 is 0 Å². The van der Waals surface area contributed by atoms with Gasteiger partial charge in [0.2, 0.25) is 0 Å². The molecule has 0 radical (unpaired) electrons. The summed E-state index contributed by atoms with van der Waals surface area (Å²) >= 11 is 0. The first-order valence-electron chi connectivity index (χ1n) is 3.40. The Morgan fingerprint density at radius 3 is 3.18 bits per heavy atom. The monoisotopic (exact) mass is 147 g/mol. The molecule has 0 spiro atoms. The minimum absolute atomic E-state index is 0.837. The van der Waals surface area contributed by atoms with Crippen LogP contribution in [-0.2, 0) is 0 Å². The molecular formula is C8H9N3. The van der Waals surface area contributed by atoms with E-state index in [4.69, 9.17) is 6.42 Å². The number of terminal acetylenes is 1. The van der Waals surface area contributed by atoms with Gasteiger partial charge < -0.3 is 5.32 Å². The molecule has 0 aromatic carbocycles. The van der Waals surface area contributed by atoms with Crippen molar-refractivity contribution in [2.75, 3.05) is 0 Å². The van der Waals surface area contributed by atoms with E-state index in [1.54, 1.807) is 12.4 Å². The molecule has 0 saturated carbocycles. The Labute approximate surface area is 65.9 Å². The fourth-order valence-electron chi connectivity index (χ4n) is 0.733.